The van der Waals surface area contributed by atoms with Gasteiger partial charge in [0.2, 0.25) is 0 Å². The molecule has 0 bridgehead atoms. The van der Waals surface area contributed by atoms with Crippen LogP contribution in [-0.2, 0) is 11.3 Å². The number of hydrogen-bond acceptors (Lipinski definition) is 6. The molecule has 0 radical (unpaired) electrons. The van der Waals surface area contributed by atoms with Gasteiger partial charge in [-0.25, -0.2) is 10.4 Å². The van der Waals surface area contributed by atoms with Crippen molar-refractivity contribution < 1.29 is 14.3 Å². The summed E-state index contributed by atoms with van der Waals surface area (Å²) in [5.74, 6) is 1.21. The molecular formula is C25H23ClN4O3S. The van der Waals surface area contributed by atoms with Crippen molar-refractivity contribution in [3.63, 3.8) is 0 Å². The summed E-state index contributed by atoms with van der Waals surface area (Å²) in [4.78, 5) is 17.2. The Balaban J connectivity index is 1.43. The first kappa shape index (κ1) is 23.7. The molecule has 0 atom stereocenters. The van der Waals surface area contributed by atoms with Crippen LogP contribution in [0.2, 0.25) is 5.02 Å². The Morgan fingerprint density at radius 3 is 2.68 bits per heavy atom. The van der Waals surface area contributed by atoms with Crippen molar-refractivity contribution in [3.05, 3.63) is 82.9 Å². The van der Waals surface area contributed by atoms with E-state index < -0.39 is 0 Å². The number of carbonyl (C=O) groups excluding carboxylic acids is 1. The summed E-state index contributed by atoms with van der Waals surface area (Å²) in [6.45, 7) is 0.622. The lowest BCUT2D eigenvalue weighted by molar-refractivity contribution is -0.118. The van der Waals surface area contributed by atoms with Crippen LogP contribution < -0.4 is 14.9 Å². The van der Waals surface area contributed by atoms with E-state index in [1.807, 2.05) is 48.5 Å². The van der Waals surface area contributed by atoms with Crippen LogP contribution in [0.15, 0.2) is 77.0 Å². The monoisotopic (exact) mass is 494 g/mol. The first-order chi connectivity index (χ1) is 16.6. The lowest BCUT2D eigenvalue weighted by Crippen LogP contribution is -2.20. The number of amides is 1. The molecule has 0 saturated carbocycles. The summed E-state index contributed by atoms with van der Waals surface area (Å²) in [5.41, 5.74) is 6.26. The van der Waals surface area contributed by atoms with Gasteiger partial charge in [-0.1, -0.05) is 47.6 Å². The van der Waals surface area contributed by atoms with Crippen LogP contribution in [0, 0.1) is 0 Å². The van der Waals surface area contributed by atoms with Gasteiger partial charge in [0.15, 0.2) is 5.16 Å². The zero-order valence-corrected chi connectivity index (χ0v) is 20.3. The van der Waals surface area contributed by atoms with Gasteiger partial charge in [-0.15, -0.1) is 0 Å². The van der Waals surface area contributed by atoms with Crippen molar-refractivity contribution in [2.45, 2.75) is 11.7 Å². The van der Waals surface area contributed by atoms with Crippen LogP contribution in [0.3, 0.4) is 0 Å². The molecule has 1 N–H and O–H groups in total. The Morgan fingerprint density at radius 1 is 1.12 bits per heavy atom. The average molecular weight is 495 g/mol. The number of nitrogens with one attached hydrogen (secondary N) is 1. The fourth-order valence-electron chi connectivity index (χ4n) is 3.35. The summed E-state index contributed by atoms with van der Waals surface area (Å²) in [6.07, 6.45) is 1.54. The lowest BCUT2D eigenvalue weighted by atomic mass is 10.2. The highest BCUT2D eigenvalue weighted by Crippen LogP contribution is 2.26. The molecule has 0 aliphatic rings. The van der Waals surface area contributed by atoms with Gasteiger partial charge < -0.3 is 14.0 Å². The highest BCUT2D eigenvalue weighted by Gasteiger charge is 2.13. The molecule has 0 aliphatic heterocycles. The predicted molar refractivity (Wildman–Crippen MR) is 136 cm³/mol. The van der Waals surface area contributed by atoms with Crippen LogP contribution in [0.25, 0.3) is 11.0 Å². The topological polar surface area (TPSA) is 77.7 Å². The number of hydrogen-bond donors (Lipinski definition) is 1. The fourth-order valence-corrected chi connectivity index (χ4v) is 4.28. The number of nitrogens with zero attached hydrogens (tertiary/aromatic N) is 3. The molecule has 9 heteroatoms. The fraction of sp³-hybridized carbons (Fsp3) is 0.160. The van der Waals surface area contributed by atoms with E-state index in [2.05, 4.69) is 15.1 Å². The van der Waals surface area contributed by atoms with E-state index in [0.29, 0.717) is 23.1 Å². The van der Waals surface area contributed by atoms with Crippen LogP contribution in [0.4, 0.5) is 0 Å². The predicted octanol–water partition coefficient (Wildman–Crippen LogP) is 5.00. The van der Waals surface area contributed by atoms with Gasteiger partial charge in [-0.05, 0) is 42.0 Å². The molecule has 0 aliphatic carbocycles. The maximum atomic E-state index is 12.4. The Kier molecular flexibility index (Phi) is 7.72. The molecule has 3 aromatic carbocycles. The highest BCUT2D eigenvalue weighted by atomic mass is 35.5. The number of hydrazone groups is 1. The largest absolute Gasteiger partial charge is 0.497 e. The van der Waals surface area contributed by atoms with Crippen LogP contribution in [-0.4, -0.2) is 41.6 Å². The molecular weight excluding hydrogens is 472 g/mol. The lowest BCUT2D eigenvalue weighted by Gasteiger charge is -2.09. The minimum absolute atomic E-state index is 0.168. The number of rotatable bonds is 9. The molecule has 34 heavy (non-hydrogen) atoms. The Bertz CT molecular complexity index is 1320. The minimum atomic E-state index is -0.237. The maximum Gasteiger partial charge on any atom is 0.250 e. The smallest absolute Gasteiger partial charge is 0.250 e. The summed E-state index contributed by atoms with van der Waals surface area (Å²) in [6, 6.07) is 21.0. The number of benzene rings is 3. The summed E-state index contributed by atoms with van der Waals surface area (Å²) < 4.78 is 12.6. The van der Waals surface area contributed by atoms with Crippen LogP contribution in [0.5, 0.6) is 11.5 Å². The zero-order chi connectivity index (χ0) is 23.9. The average Bonchev–Trinajstić information content (AvgIpc) is 3.21. The van der Waals surface area contributed by atoms with E-state index in [0.717, 1.165) is 27.3 Å². The third kappa shape index (κ3) is 5.70. The number of methoxy groups -OCH3 is 2. The first-order valence-electron chi connectivity index (χ1n) is 10.4. The normalized spacial score (nSPS) is 11.1. The number of imidazole rings is 1. The molecule has 1 heterocycles. The van der Waals surface area contributed by atoms with Crippen LogP contribution >= 0.6 is 23.4 Å². The van der Waals surface area contributed by atoms with Gasteiger partial charge in [-0.2, -0.15) is 5.10 Å². The van der Waals surface area contributed by atoms with Crippen molar-refractivity contribution in [1.29, 1.82) is 0 Å². The van der Waals surface area contributed by atoms with Gasteiger partial charge >= 0.3 is 0 Å². The van der Waals surface area contributed by atoms with Crippen molar-refractivity contribution in [2.75, 3.05) is 20.0 Å². The molecule has 0 spiro atoms. The van der Waals surface area contributed by atoms with Crippen molar-refractivity contribution in [1.82, 2.24) is 15.0 Å². The second-order valence-electron chi connectivity index (χ2n) is 7.29. The van der Waals surface area contributed by atoms with Gasteiger partial charge in [0.05, 0.1) is 43.8 Å². The molecule has 1 aromatic heterocycles. The van der Waals surface area contributed by atoms with Crippen molar-refractivity contribution in [3.8, 4) is 11.5 Å². The number of halogens is 1. The van der Waals surface area contributed by atoms with E-state index in [-0.39, 0.29) is 11.7 Å². The Labute approximate surface area is 206 Å². The number of thioether (sulfide) groups is 1. The molecule has 174 valence electrons. The number of aromatic nitrogens is 2. The molecule has 1 amide bonds. The molecule has 7 nitrogen and oxygen atoms in total. The van der Waals surface area contributed by atoms with Crippen LogP contribution in [0.1, 0.15) is 11.1 Å². The second-order valence-corrected chi connectivity index (χ2v) is 8.66. The quantitative estimate of drug-likeness (QED) is 0.201. The zero-order valence-electron chi connectivity index (χ0n) is 18.7. The van der Waals surface area contributed by atoms with Gasteiger partial charge in [0.1, 0.15) is 11.5 Å². The summed E-state index contributed by atoms with van der Waals surface area (Å²) in [5, 5.41) is 5.51. The van der Waals surface area contributed by atoms with E-state index in [1.165, 1.54) is 18.0 Å². The molecule has 0 fully saturated rings. The summed E-state index contributed by atoms with van der Waals surface area (Å²) >= 11 is 7.38. The molecule has 4 rings (SSSR count). The van der Waals surface area contributed by atoms with E-state index in [9.17, 15) is 4.79 Å². The number of carbonyl (C=O) groups is 1. The highest BCUT2D eigenvalue weighted by molar-refractivity contribution is 7.99. The van der Waals surface area contributed by atoms with Crippen molar-refractivity contribution in [2.24, 2.45) is 5.10 Å². The van der Waals surface area contributed by atoms with Crippen molar-refractivity contribution >= 4 is 46.5 Å². The maximum absolute atomic E-state index is 12.4. The Morgan fingerprint density at radius 2 is 1.91 bits per heavy atom. The van der Waals surface area contributed by atoms with Gasteiger partial charge in [-0.3, -0.25) is 4.79 Å². The molecule has 0 unspecified atom stereocenters. The van der Waals surface area contributed by atoms with E-state index in [1.54, 1.807) is 32.4 Å². The standard InChI is InChI=1S/C25H23ClN4O3S/c1-32-20-12-9-18(23(13-20)33-2)14-27-29-24(31)16-34-25-28-21-5-3-4-6-22(21)30(25)15-17-7-10-19(26)11-8-17/h3-14H,15-16H2,1-2H3,(H,29,31)/b27-14+. The summed E-state index contributed by atoms with van der Waals surface area (Å²) in [7, 11) is 3.15. The van der Waals surface area contributed by atoms with Gasteiger partial charge in [0, 0.05) is 16.7 Å². The molecule has 4 aromatic rings. The van der Waals surface area contributed by atoms with E-state index in [4.69, 9.17) is 26.1 Å². The number of fused-ring (bicyclic) bond motifs is 1. The first-order valence-corrected chi connectivity index (χ1v) is 11.8. The SMILES string of the molecule is COc1ccc(/C=N/NC(=O)CSc2nc3ccccc3n2Cc2ccc(Cl)cc2)c(OC)c1. The second kappa shape index (κ2) is 11.1. The van der Waals surface area contributed by atoms with Gasteiger partial charge in [0.25, 0.3) is 5.91 Å². The third-order valence-electron chi connectivity index (χ3n) is 5.04. The Hall–Kier alpha value is -3.49. The third-order valence-corrected chi connectivity index (χ3v) is 6.27. The molecule has 0 saturated heterocycles. The minimum Gasteiger partial charge on any atom is -0.497 e. The number of para-hydroxylation sites is 2. The number of ether oxygens (including phenoxy) is 2. The van der Waals surface area contributed by atoms with E-state index >= 15 is 0 Å².